The van der Waals surface area contributed by atoms with E-state index in [1.165, 1.54) is 38.5 Å². The molecule has 6 heteroatoms. The number of aliphatic hydroxyl groups excluding tert-OH is 1. The molecule has 0 unspecified atom stereocenters. The minimum Gasteiger partial charge on any atom is -0.481 e. The van der Waals surface area contributed by atoms with Crippen molar-refractivity contribution < 1.29 is 19.8 Å². The van der Waals surface area contributed by atoms with Crippen molar-refractivity contribution in [2.45, 2.75) is 65.7 Å². The molecule has 1 aliphatic carbocycles. The van der Waals surface area contributed by atoms with Crippen molar-refractivity contribution in [2.75, 3.05) is 26.2 Å². The van der Waals surface area contributed by atoms with Gasteiger partial charge < -0.3 is 20.4 Å². The van der Waals surface area contributed by atoms with Crippen LogP contribution in [-0.2, 0) is 4.79 Å². The number of carboxylic acid groups (broad SMARTS) is 1. The predicted molar refractivity (Wildman–Crippen MR) is 98.4 cm³/mol. The Morgan fingerprint density at radius 1 is 1.16 bits per heavy atom. The van der Waals surface area contributed by atoms with Crippen molar-refractivity contribution in [3.05, 3.63) is 0 Å². The number of hydrogen-bond acceptors (Lipinski definition) is 3. The molecule has 0 spiro atoms. The van der Waals surface area contributed by atoms with Gasteiger partial charge >= 0.3 is 12.0 Å². The van der Waals surface area contributed by atoms with Crippen molar-refractivity contribution in [3.8, 4) is 0 Å². The summed E-state index contributed by atoms with van der Waals surface area (Å²) in [6.07, 6.45) is 8.62. The van der Waals surface area contributed by atoms with Crippen LogP contribution in [0.3, 0.4) is 0 Å². The summed E-state index contributed by atoms with van der Waals surface area (Å²) in [7, 11) is 0. The second-order valence-corrected chi connectivity index (χ2v) is 8.06. The highest BCUT2D eigenvalue weighted by Crippen LogP contribution is 2.27. The number of carboxylic acids is 1. The molecular formula is C19H36N2O4. The molecule has 0 aromatic rings. The number of aliphatic carboxylic acids is 1. The van der Waals surface area contributed by atoms with Crippen LogP contribution in [0.2, 0.25) is 0 Å². The molecule has 0 heterocycles. The lowest BCUT2D eigenvalue weighted by Crippen LogP contribution is -2.47. The Morgan fingerprint density at radius 2 is 1.76 bits per heavy atom. The number of rotatable bonds is 9. The summed E-state index contributed by atoms with van der Waals surface area (Å²) < 4.78 is 0. The summed E-state index contributed by atoms with van der Waals surface area (Å²) in [5.41, 5.74) is -0.534. The van der Waals surface area contributed by atoms with Gasteiger partial charge in [0.25, 0.3) is 0 Å². The average Bonchev–Trinajstić information content (AvgIpc) is 2.84. The minimum absolute atomic E-state index is 0.0625. The Bertz CT molecular complexity index is 418. The molecule has 146 valence electrons. The molecule has 25 heavy (non-hydrogen) atoms. The van der Waals surface area contributed by atoms with Gasteiger partial charge in [-0.05, 0) is 17.8 Å². The second-order valence-electron chi connectivity index (χ2n) is 8.06. The zero-order valence-electron chi connectivity index (χ0n) is 16.1. The highest BCUT2D eigenvalue weighted by Gasteiger charge is 2.32. The SMILES string of the molecule is C[C@H](C(=O)O)C(C)(C)CNC(=O)N(CCO)CCC1CCCCCC1. The smallest absolute Gasteiger partial charge is 0.317 e. The Kier molecular flexibility index (Phi) is 9.25. The van der Waals surface area contributed by atoms with Crippen LogP contribution < -0.4 is 5.32 Å². The van der Waals surface area contributed by atoms with Gasteiger partial charge in [0.15, 0.2) is 0 Å². The van der Waals surface area contributed by atoms with E-state index in [0.717, 1.165) is 6.42 Å². The van der Waals surface area contributed by atoms with Crippen LogP contribution in [0.4, 0.5) is 4.79 Å². The fourth-order valence-electron chi connectivity index (χ4n) is 3.33. The third-order valence-electron chi connectivity index (χ3n) is 5.68. The molecule has 1 atom stereocenters. The zero-order valence-corrected chi connectivity index (χ0v) is 16.1. The first kappa shape index (κ1) is 21.7. The molecule has 3 N–H and O–H groups in total. The van der Waals surface area contributed by atoms with E-state index >= 15 is 0 Å². The summed E-state index contributed by atoms with van der Waals surface area (Å²) >= 11 is 0. The van der Waals surface area contributed by atoms with E-state index < -0.39 is 17.3 Å². The number of amides is 2. The molecule has 0 bridgehead atoms. The molecule has 0 aromatic heterocycles. The molecule has 1 fully saturated rings. The van der Waals surface area contributed by atoms with Crippen LogP contribution in [0.1, 0.15) is 65.7 Å². The zero-order chi connectivity index (χ0) is 18.9. The van der Waals surface area contributed by atoms with Crippen molar-refractivity contribution in [3.63, 3.8) is 0 Å². The number of hydrogen-bond donors (Lipinski definition) is 3. The summed E-state index contributed by atoms with van der Waals surface area (Å²) in [6, 6.07) is -0.215. The maximum atomic E-state index is 12.5. The molecule has 1 aliphatic rings. The number of carbonyl (C=O) groups is 2. The number of nitrogens with zero attached hydrogens (tertiary/aromatic N) is 1. The van der Waals surface area contributed by atoms with Gasteiger partial charge in [-0.1, -0.05) is 59.3 Å². The topological polar surface area (TPSA) is 89.9 Å². The summed E-state index contributed by atoms with van der Waals surface area (Å²) in [4.78, 5) is 25.3. The normalized spacial score (nSPS) is 17.6. The molecule has 2 amide bonds. The van der Waals surface area contributed by atoms with Crippen LogP contribution >= 0.6 is 0 Å². The quantitative estimate of drug-likeness (QED) is 0.554. The molecular weight excluding hydrogens is 320 g/mol. The molecule has 1 saturated carbocycles. The van der Waals surface area contributed by atoms with E-state index in [2.05, 4.69) is 5.32 Å². The minimum atomic E-state index is -0.861. The Balaban J connectivity index is 2.50. The third kappa shape index (κ3) is 7.63. The van der Waals surface area contributed by atoms with E-state index in [-0.39, 0.29) is 12.6 Å². The van der Waals surface area contributed by atoms with Crippen molar-refractivity contribution in [1.82, 2.24) is 10.2 Å². The lowest BCUT2D eigenvalue weighted by molar-refractivity contribution is -0.144. The summed E-state index contributed by atoms with van der Waals surface area (Å²) in [6.45, 7) is 6.53. The maximum Gasteiger partial charge on any atom is 0.317 e. The molecule has 0 radical (unpaired) electrons. The molecule has 0 aromatic carbocycles. The highest BCUT2D eigenvalue weighted by atomic mass is 16.4. The average molecular weight is 357 g/mol. The van der Waals surface area contributed by atoms with Gasteiger partial charge in [0.1, 0.15) is 0 Å². The Hall–Kier alpha value is -1.30. The van der Waals surface area contributed by atoms with E-state index in [1.54, 1.807) is 11.8 Å². The van der Waals surface area contributed by atoms with Crippen LogP contribution in [0.25, 0.3) is 0 Å². The standard InChI is InChI=1S/C19H36N2O4/c1-15(17(23)24)19(2,3)14-20-18(25)21(12-13-22)11-10-16-8-6-4-5-7-9-16/h15-16,22H,4-14H2,1-3H3,(H,20,25)(H,23,24)/t15-/m1/s1. The Labute approximate surface area is 152 Å². The number of aliphatic hydroxyl groups is 1. The third-order valence-corrected chi connectivity index (χ3v) is 5.68. The van der Waals surface area contributed by atoms with E-state index in [1.807, 2.05) is 13.8 Å². The van der Waals surface area contributed by atoms with Gasteiger partial charge in [0.2, 0.25) is 0 Å². The fraction of sp³-hybridized carbons (Fsp3) is 0.895. The van der Waals surface area contributed by atoms with Crippen LogP contribution in [0.15, 0.2) is 0 Å². The highest BCUT2D eigenvalue weighted by molar-refractivity contribution is 5.74. The van der Waals surface area contributed by atoms with Crippen LogP contribution in [0, 0.1) is 17.3 Å². The second kappa shape index (κ2) is 10.6. The summed E-state index contributed by atoms with van der Waals surface area (Å²) in [5.74, 6) is -0.745. The van der Waals surface area contributed by atoms with E-state index in [4.69, 9.17) is 0 Å². The van der Waals surface area contributed by atoms with Gasteiger partial charge in [-0.2, -0.15) is 0 Å². The predicted octanol–water partition coefficient (Wildman–Crippen LogP) is 3.10. The molecule has 6 nitrogen and oxygen atoms in total. The lowest BCUT2D eigenvalue weighted by atomic mass is 9.80. The largest absolute Gasteiger partial charge is 0.481 e. The lowest BCUT2D eigenvalue weighted by Gasteiger charge is -2.31. The molecule has 0 aliphatic heterocycles. The first-order valence-corrected chi connectivity index (χ1v) is 9.64. The van der Waals surface area contributed by atoms with Crippen molar-refractivity contribution >= 4 is 12.0 Å². The van der Waals surface area contributed by atoms with Gasteiger partial charge in [-0.15, -0.1) is 0 Å². The van der Waals surface area contributed by atoms with Crippen molar-refractivity contribution in [2.24, 2.45) is 17.3 Å². The Morgan fingerprint density at radius 3 is 2.28 bits per heavy atom. The van der Waals surface area contributed by atoms with Gasteiger partial charge in [-0.25, -0.2) is 4.79 Å². The summed E-state index contributed by atoms with van der Waals surface area (Å²) in [5, 5.41) is 21.3. The number of urea groups is 1. The molecule has 1 rings (SSSR count). The first-order valence-electron chi connectivity index (χ1n) is 9.64. The van der Waals surface area contributed by atoms with Gasteiger partial charge in [-0.3, -0.25) is 4.79 Å². The number of nitrogens with one attached hydrogen (secondary N) is 1. The van der Waals surface area contributed by atoms with Crippen LogP contribution in [0.5, 0.6) is 0 Å². The monoisotopic (exact) mass is 356 g/mol. The van der Waals surface area contributed by atoms with Crippen LogP contribution in [-0.4, -0.2) is 53.4 Å². The fourth-order valence-corrected chi connectivity index (χ4v) is 3.33. The van der Waals surface area contributed by atoms with Gasteiger partial charge in [0, 0.05) is 19.6 Å². The maximum absolute atomic E-state index is 12.5. The van der Waals surface area contributed by atoms with E-state index in [9.17, 15) is 19.8 Å². The number of carbonyl (C=O) groups excluding carboxylic acids is 1. The van der Waals surface area contributed by atoms with E-state index in [0.29, 0.717) is 25.6 Å². The van der Waals surface area contributed by atoms with Crippen molar-refractivity contribution in [1.29, 1.82) is 0 Å². The van der Waals surface area contributed by atoms with Gasteiger partial charge in [0.05, 0.1) is 12.5 Å². The molecule has 0 saturated heterocycles. The first-order chi connectivity index (χ1) is 11.8.